The molecule has 0 radical (unpaired) electrons. The zero-order valence-electron chi connectivity index (χ0n) is 14.9. The summed E-state index contributed by atoms with van der Waals surface area (Å²) in [6.45, 7) is 6.24. The van der Waals surface area contributed by atoms with Crippen LogP contribution in [0.25, 0.3) is 11.3 Å². The van der Waals surface area contributed by atoms with Crippen LogP contribution in [0, 0.1) is 24.0 Å². The van der Waals surface area contributed by atoms with Gasteiger partial charge >= 0.3 is 0 Å². The van der Waals surface area contributed by atoms with Crippen molar-refractivity contribution in [3.8, 4) is 11.3 Å². The van der Waals surface area contributed by atoms with Crippen LogP contribution in [0.5, 0.6) is 0 Å². The molecule has 1 atom stereocenters. The molecule has 1 heterocycles. The Morgan fingerprint density at radius 2 is 1.73 bits per heavy atom. The monoisotopic (exact) mass is 348 g/mol. The van der Waals surface area contributed by atoms with E-state index in [4.69, 9.17) is 0 Å². The average molecular weight is 348 g/mol. The first-order valence-corrected chi connectivity index (χ1v) is 8.35. The molecular formula is C20H20N4O2. The van der Waals surface area contributed by atoms with Crippen molar-refractivity contribution in [2.75, 3.05) is 5.32 Å². The standard InChI is InChI=1S/C20H20N4O2/c1-13-4-9-18(14(2)12-13)15(3)23-20-19(21-10-11-22-20)16-5-7-17(8-6-16)24(25)26/h4-12,15H,1-3H3,(H,22,23). The summed E-state index contributed by atoms with van der Waals surface area (Å²) < 4.78 is 0. The van der Waals surface area contributed by atoms with Crippen molar-refractivity contribution in [1.29, 1.82) is 0 Å². The molecule has 1 N–H and O–H groups in total. The molecule has 1 aromatic heterocycles. The molecule has 0 aliphatic carbocycles. The maximum Gasteiger partial charge on any atom is 0.269 e. The zero-order chi connectivity index (χ0) is 18.7. The summed E-state index contributed by atoms with van der Waals surface area (Å²) in [6, 6.07) is 12.7. The molecule has 0 fully saturated rings. The smallest absolute Gasteiger partial charge is 0.269 e. The number of aryl methyl sites for hydroxylation is 2. The molecule has 1 unspecified atom stereocenters. The molecule has 6 nitrogen and oxygen atoms in total. The van der Waals surface area contributed by atoms with Crippen LogP contribution in [-0.2, 0) is 0 Å². The Kier molecular flexibility index (Phi) is 4.93. The summed E-state index contributed by atoms with van der Waals surface area (Å²) in [5, 5.41) is 14.3. The highest BCUT2D eigenvalue weighted by molar-refractivity contribution is 5.72. The fraction of sp³-hybridized carbons (Fsp3) is 0.200. The highest BCUT2D eigenvalue weighted by atomic mass is 16.6. The number of hydrogen-bond acceptors (Lipinski definition) is 5. The van der Waals surface area contributed by atoms with E-state index in [-0.39, 0.29) is 11.7 Å². The van der Waals surface area contributed by atoms with E-state index in [2.05, 4.69) is 54.3 Å². The SMILES string of the molecule is Cc1ccc(C(C)Nc2nccnc2-c2ccc([N+](=O)[O-])cc2)c(C)c1. The van der Waals surface area contributed by atoms with Crippen LogP contribution in [0.15, 0.2) is 54.9 Å². The van der Waals surface area contributed by atoms with Gasteiger partial charge in [-0.1, -0.05) is 23.8 Å². The Labute approximate surface area is 152 Å². The van der Waals surface area contributed by atoms with Gasteiger partial charge < -0.3 is 5.32 Å². The van der Waals surface area contributed by atoms with E-state index in [1.54, 1.807) is 24.5 Å². The highest BCUT2D eigenvalue weighted by Crippen LogP contribution is 2.29. The van der Waals surface area contributed by atoms with Crippen LogP contribution >= 0.6 is 0 Å². The third-order valence-corrected chi connectivity index (χ3v) is 4.29. The van der Waals surface area contributed by atoms with E-state index in [1.807, 2.05) is 0 Å². The fourth-order valence-electron chi connectivity index (χ4n) is 2.99. The van der Waals surface area contributed by atoms with Gasteiger partial charge in [-0.05, 0) is 44.0 Å². The first-order valence-electron chi connectivity index (χ1n) is 8.35. The third kappa shape index (κ3) is 3.69. The molecule has 132 valence electrons. The second-order valence-corrected chi connectivity index (χ2v) is 6.28. The highest BCUT2D eigenvalue weighted by Gasteiger charge is 2.14. The van der Waals surface area contributed by atoms with E-state index < -0.39 is 4.92 Å². The lowest BCUT2D eigenvalue weighted by atomic mass is 10.00. The Bertz CT molecular complexity index is 939. The first kappa shape index (κ1) is 17.5. The van der Waals surface area contributed by atoms with Gasteiger partial charge in [-0.2, -0.15) is 0 Å². The van der Waals surface area contributed by atoms with E-state index >= 15 is 0 Å². The number of non-ortho nitro benzene ring substituents is 1. The lowest BCUT2D eigenvalue weighted by Crippen LogP contribution is -2.11. The summed E-state index contributed by atoms with van der Waals surface area (Å²) in [5.41, 5.74) is 5.13. The minimum atomic E-state index is -0.415. The number of benzene rings is 2. The minimum Gasteiger partial charge on any atom is -0.362 e. The molecule has 0 spiro atoms. The number of nitro groups is 1. The molecule has 0 bridgehead atoms. The Morgan fingerprint density at radius 1 is 1.04 bits per heavy atom. The summed E-state index contributed by atoms with van der Waals surface area (Å²) in [6.07, 6.45) is 3.25. The Morgan fingerprint density at radius 3 is 2.38 bits per heavy atom. The van der Waals surface area contributed by atoms with Crippen LogP contribution in [0.4, 0.5) is 11.5 Å². The van der Waals surface area contributed by atoms with Crippen LogP contribution in [-0.4, -0.2) is 14.9 Å². The van der Waals surface area contributed by atoms with Crippen LogP contribution in [0.1, 0.15) is 29.7 Å². The quantitative estimate of drug-likeness (QED) is 0.527. The van der Waals surface area contributed by atoms with Crippen LogP contribution in [0.3, 0.4) is 0 Å². The zero-order valence-corrected chi connectivity index (χ0v) is 14.9. The maximum absolute atomic E-state index is 10.8. The van der Waals surface area contributed by atoms with Crippen molar-refractivity contribution in [3.05, 3.63) is 81.7 Å². The third-order valence-electron chi connectivity index (χ3n) is 4.29. The summed E-state index contributed by atoms with van der Waals surface area (Å²) >= 11 is 0. The largest absolute Gasteiger partial charge is 0.362 e. The molecule has 3 aromatic rings. The van der Waals surface area contributed by atoms with Gasteiger partial charge in [-0.15, -0.1) is 0 Å². The number of hydrogen-bond donors (Lipinski definition) is 1. The molecule has 3 rings (SSSR count). The van der Waals surface area contributed by atoms with E-state index in [9.17, 15) is 10.1 Å². The van der Waals surface area contributed by atoms with E-state index in [0.717, 1.165) is 5.56 Å². The topological polar surface area (TPSA) is 81.0 Å². The number of nitro benzene ring substituents is 1. The predicted molar refractivity (Wildman–Crippen MR) is 102 cm³/mol. The van der Waals surface area contributed by atoms with Gasteiger partial charge in [-0.3, -0.25) is 15.1 Å². The van der Waals surface area contributed by atoms with Gasteiger partial charge in [0.25, 0.3) is 5.69 Å². The van der Waals surface area contributed by atoms with E-state index in [1.165, 1.54) is 28.8 Å². The van der Waals surface area contributed by atoms with Crippen molar-refractivity contribution in [3.63, 3.8) is 0 Å². The molecule has 6 heteroatoms. The van der Waals surface area contributed by atoms with Crippen molar-refractivity contribution in [1.82, 2.24) is 9.97 Å². The molecule has 2 aromatic carbocycles. The first-order chi connectivity index (χ1) is 12.5. The molecule has 0 aliphatic heterocycles. The number of nitrogens with one attached hydrogen (secondary N) is 1. The van der Waals surface area contributed by atoms with Crippen molar-refractivity contribution < 1.29 is 4.92 Å². The second kappa shape index (κ2) is 7.31. The molecule has 0 amide bonds. The predicted octanol–water partition coefficient (Wildman–Crippen LogP) is 4.84. The van der Waals surface area contributed by atoms with Crippen molar-refractivity contribution in [2.45, 2.75) is 26.8 Å². The van der Waals surface area contributed by atoms with E-state index in [0.29, 0.717) is 11.5 Å². The number of rotatable bonds is 5. The number of anilines is 1. The molecule has 0 aliphatic rings. The molecule has 26 heavy (non-hydrogen) atoms. The molecular weight excluding hydrogens is 328 g/mol. The van der Waals surface area contributed by atoms with Crippen LogP contribution < -0.4 is 5.32 Å². The van der Waals surface area contributed by atoms with Gasteiger partial charge in [0.2, 0.25) is 0 Å². The molecule has 0 saturated carbocycles. The minimum absolute atomic E-state index is 0.0455. The number of nitrogens with zero attached hydrogens (tertiary/aromatic N) is 3. The van der Waals surface area contributed by atoms with Gasteiger partial charge in [-0.25, -0.2) is 4.98 Å². The average Bonchev–Trinajstić information content (AvgIpc) is 2.62. The normalized spacial score (nSPS) is 11.8. The van der Waals surface area contributed by atoms with Gasteiger partial charge in [0.1, 0.15) is 5.69 Å². The van der Waals surface area contributed by atoms with Gasteiger partial charge in [0, 0.05) is 30.1 Å². The maximum atomic E-state index is 10.8. The van der Waals surface area contributed by atoms with Gasteiger partial charge in [0.05, 0.1) is 11.0 Å². The Balaban J connectivity index is 1.90. The van der Waals surface area contributed by atoms with Crippen LogP contribution in [0.2, 0.25) is 0 Å². The number of aromatic nitrogens is 2. The summed E-state index contributed by atoms with van der Waals surface area (Å²) in [4.78, 5) is 19.3. The lowest BCUT2D eigenvalue weighted by molar-refractivity contribution is -0.384. The summed E-state index contributed by atoms with van der Waals surface area (Å²) in [5.74, 6) is 0.647. The lowest BCUT2D eigenvalue weighted by Gasteiger charge is -2.19. The van der Waals surface area contributed by atoms with Gasteiger partial charge in [0.15, 0.2) is 5.82 Å². The van der Waals surface area contributed by atoms with Crippen molar-refractivity contribution in [2.24, 2.45) is 0 Å². The second-order valence-electron chi connectivity index (χ2n) is 6.28. The summed E-state index contributed by atoms with van der Waals surface area (Å²) in [7, 11) is 0. The molecule has 0 saturated heterocycles. The Hall–Kier alpha value is -3.28. The van der Waals surface area contributed by atoms with Crippen molar-refractivity contribution >= 4 is 11.5 Å². The fourth-order valence-corrected chi connectivity index (χ4v) is 2.99.